The van der Waals surface area contributed by atoms with Crippen molar-refractivity contribution in [3.05, 3.63) is 30.7 Å². The molecule has 0 atom stereocenters. The van der Waals surface area contributed by atoms with Gasteiger partial charge in [0.15, 0.2) is 0 Å². The Kier molecular flexibility index (Phi) is 1.01. The monoisotopic (exact) mass is 132 g/mol. The van der Waals surface area contributed by atoms with E-state index in [0.29, 0.717) is 0 Å². The molecule has 2 heteroatoms. The van der Waals surface area contributed by atoms with Gasteiger partial charge in [0.2, 0.25) is 0 Å². The van der Waals surface area contributed by atoms with Crippen LogP contribution < -0.4 is 0 Å². The van der Waals surface area contributed by atoms with Crippen LogP contribution in [0.25, 0.3) is 11.3 Å². The molecule has 10 heavy (non-hydrogen) atoms. The number of aryl methyl sites for hydroxylation is 1. The molecule has 0 saturated heterocycles. The van der Waals surface area contributed by atoms with Crippen LogP contribution >= 0.6 is 0 Å². The summed E-state index contributed by atoms with van der Waals surface area (Å²) >= 11 is 0. The molecule has 0 aromatic rings. The molecule has 0 aromatic carbocycles. The lowest BCUT2D eigenvalue weighted by molar-refractivity contribution is 0.902. The van der Waals surface area contributed by atoms with Crippen molar-refractivity contribution < 1.29 is 0 Å². The van der Waals surface area contributed by atoms with Gasteiger partial charge in [-0.2, -0.15) is 0 Å². The third-order valence-corrected chi connectivity index (χ3v) is 1.58. The molecule has 0 fully saturated rings. The molecular formula is C8H8N2. The van der Waals surface area contributed by atoms with Crippen molar-refractivity contribution in [2.45, 2.75) is 0 Å². The van der Waals surface area contributed by atoms with E-state index in [0.717, 1.165) is 5.69 Å². The standard InChI is InChI=1S/C8H8N2/c1-10-5-3-7-2-4-9-8(7)6-10/h2-6H,1H3. The Morgan fingerprint density at radius 2 is 2.30 bits per heavy atom. The zero-order valence-corrected chi connectivity index (χ0v) is 5.78. The van der Waals surface area contributed by atoms with Gasteiger partial charge in [-0.3, -0.25) is 4.98 Å². The Morgan fingerprint density at radius 1 is 1.40 bits per heavy atom. The summed E-state index contributed by atoms with van der Waals surface area (Å²) in [6.07, 6.45) is 5.85. The highest BCUT2D eigenvalue weighted by molar-refractivity contribution is 5.59. The zero-order valence-electron chi connectivity index (χ0n) is 5.78. The molecule has 0 bridgehead atoms. The molecule has 0 spiro atoms. The lowest BCUT2D eigenvalue weighted by Gasteiger charge is -1.99. The van der Waals surface area contributed by atoms with E-state index in [1.165, 1.54) is 5.56 Å². The fourth-order valence-corrected chi connectivity index (χ4v) is 1.04. The largest absolute Gasteiger partial charge is 0.355 e. The van der Waals surface area contributed by atoms with E-state index >= 15 is 0 Å². The van der Waals surface area contributed by atoms with E-state index in [-0.39, 0.29) is 0 Å². The van der Waals surface area contributed by atoms with Crippen LogP contribution in [0.5, 0.6) is 0 Å². The van der Waals surface area contributed by atoms with Crippen LogP contribution in [0, 0.1) is 0 Å². The van der Waals surface area contributed by atoms with Gasteiger partial charge in [-0.25, -0.2) is 0 Å². The number of rotatable bonds is 0. The van der Waals surface area contributed by atoms with Gasteiger partial charge in [-0.05, 0) is 12.1 Å². The van der Waals surface area contributed by atoms with E-state index in [9.17, 15) is 0 Å². The van der Waals surface area contributed by atoms with E-state index in [4.69, 9.17) is 0 Å². The fraction of sp³-hybridized carbons (Fsp3) is 0.125. The smallest absolute Gasteiger partial charge is 0.0864 e. The molecule has 2 aliphatic rings. The van der Waals surface area contributed by atoms with E-state index in [1.54, 1.807) is 0 Å². The predicted molar refractivity (Wildman–Crippen MR) is 39.8 cm³/mol. The zero-order chi connectivity index (χ0) is 6.97. The second-order valence-electron chi connectivity index (χ2n) is 2.40. The Hall–Kier alpha value is -1.31. The van der Waals surface area contributed by atoms with E-state index in [1.807, 2.05) is 36.3 Å². The van der Waals surface area contributed by atoms with Gasteiger partial charge in [0, 0.05) is 31.2 Å². The summed E-state index contributed by atoms with van der Waals surface area (Å²) in [5.41, 5.74) is 2.27. The molecular weight excluding hydrogens is 124 g/mol. The minimum absolute atomic E-state index is 1.06. The second kappa shape index (κ2) is 1.84. The van der Waals surface area contributed by atoms with Gasteiger partial charge in [0.25, 0.3) is 0 Å². The van der Waals surface area contributed by atoms with Gasteiger partial charge in [0.05, 0.1) is 5.69 Å². The van der Waals surface area contributed by atoms with Crippen molar-refractivity contribution in [3.63, 3.8) is 0 Å². The van der Waals surface area contributed by atoms with Crippen molar-refractivity contribution in [2.24, 2.45) is 7.05 Å². The highest BCUT2D eigenvalue weighted by Crippen LogP contribution is 2.17. The van der Waals surface area contributed by atoms with Gasteiger partial charge in [0.1, 0.15) is 0 Å². The van der Waals surface area contributed by atoms with Crippen LogP contribution in [0.1, 0.15) is 0 Å². The maximum atomic E-state index is 4.16. The Labute approximate surface area is 59.5 Å². The van der Waals surface area contributed by atoms with Crippen LogP contribution in [0.3, 0.4) is 0 Å². The molecule has 0 unspecified atom stereocenters. The van der Waals surface area contributed by atoms with Crippen molar-refractivity contribution in [1.29, 1.82) is 0 Å². The van der Waals surface area contributed by atoms with Crippen LogP contribution in [0.4, 0.5) is 0 Å². The average molecular weight is 132 g/mol. The molecule has 0 aromatic heterocycles. The lowest BCUT2D eigenvalue weighted by Crippen LogP contribution is -1.89. The molecule has 0 amide bonds. The summed E-state index contributed by atoms with van der Waals surface area (Å²) in [4.78, 5) is 4.16. The molecule has 0 radical (unpaired) electrons. The first-order valence-electron chi connectivity index (χ1n) is 3.23. The Morgan fingerprint density at radius 3 is 3.20 bits per heavy atom. The molecule has 0 aliphatic carbocycles. The Balaban J connectivity index is 2.75. The maximum absolute atomic E-state index is 4.16. The normalized spacial score (nSPS) is 10.5. The number of pyridine rings is 1. The number of aromatic nitrogens is 2. The summed E-state index contributed by atoms with van der Waals surface area (Å²) in [7, 11) is 1.99. The molecule has 2 rings (SSSR count). The van der Waals surface area contributed by atoms with Crippen molar-refractivity contribution in [2.75, 3.05) is 0 Å². The van der Waals surface area contributed by atoms with Crippen LogP contribution in [-0.4, -0.2) is 9.55 Å². The maximum Gasteiger partial charge on any atom is 0.0864 e. The van der Waals surface area contributed by atoms with Crippen molar-refractivity contribution >= 4 is 0 Å². The summed E-state index contributed by atoms with van der Waals surface area (Å²) in [6, 6.07) is 4.07. The predicted octanol–water partition coefficient (Wildman–Crippen LogP) is 1.52. The quantitative estimate of drug-likeness (QED) is 0.531. The van der Waals surface area contributed by atoms with E-state index in [2.05, 4.69) is 11.1 Å². The van der Waals surface area contributed by atoms with Crippen molar-refractivity contribution in [1.82, 2.24) is 9.55 Å². The molecule has 0 saturated carbocycles. The topological polar surface area (TPSA) is 17.8 Å². The number of fused-ring (bicyclic) bond motifs is 1. The minimum atomic E-state index is 1.06. The van der Waals surface area contributed by atoms with Gasteiger partial charge in [-0.1, -0.05) is 0 Å². The minimum Gasteiger partial charge on any atom is -0.355 e. The Bertz CT molecular complexity index is 311. The molecule has 0 N–H and O–H groups in total. The third-order valence-electron chi connectivity index (χ3n) is 1.58. The van der Waals surface area contributed by atoms with Crippen LogP contribution in [0.2, 0.25) is 0 Å². The highest BCUT2D eigenvalue weighted by atomic mass is 14.9. The second-order valence-corrected chi connectivity index (χ2v) is 2.40. The molecule has 2 heterocycles. The first-order chi connectivity index (χ1) is 4.86. The average Bonchev–Trinajstić information content (AvgIpc) is 2.33. The fourth-order valence-electron chi connectivity index (χ4n) is 1.04. The van der Waals surface area contributed by atoms with Gasteiger partial charge >= 0.3 is 0 Å². The number of nitrogens with zero attached hydrogens (tertiary/aromatic N) is 2. The summed E-state index contributed by atoms with van der Waals surface area (Å²) < 4.78 is 2.00. The number of hydrogen-bond donors (Lipinski definition) is 0. The molecule has 50 valence electrons. The van der Waals surface area contributed by atoms with Crippen molar-refractivity contribution in [3.8, 4) is 11.3 Å². The summed E-state index contributed by atoms with van der Waals surface area (Å²) in [5.74, 6) is 0. The summed E-state index contributed by atoms with van der Waals surface area (Å²) in [6.45, 7) is 0. The number of hydrogen-bond acceptors (Lipinski definition) is 1. The van der Waals surface area contributed by atoms with Gasteiger partial charge in [-0.15, -0.1) is 0 Å². The SMILES string of the molecule is Cn1ccc2ccnc-2c1. The first-order valence-corrected chi connectivity index (χ1v) is 3.23. The van der Waals surface area contributed by atoms with Gasteiger partial charge < -0.3 is 4.57 Å². The first kappa shape index (κ1) is 5.47. The highest BCUT2D eigenvalue weighted by Gasteiger charge is 1.99. The van der Waals surface area contributed by atoms with Crippen LogP contribution in [-0.2, 0) is 7.05 Å². The molecule has 2 aliphatic heterocycles. The molecule has 2 nitrogen and oxygen atoms in total. The lowest BCUT2D eigenvalue weighted by atomic mass is 10.2. The summed E-state index contributed by atoms with van der Waals surface area (Å²) in [5, 5.41) is 0. The van der Waals surface area contributed by atoms with E-state index < -0.39 is 0 Å². The van der Waals surface area contributed by atoms with Crippen LogP contribution in [0.15, 0.2) is 30.7 Å². The third kappa shape index (κ3) is 0.692.